The molecule has 1 aromatic heterocycles. The number of nitrogens with zero attached hydrogens (tertiary/aromatic N) is 1. The van der Waals surface area contributed by atoms with E-state index in [0.29, 0.717) is 12.2 Å². The highest BCUT2D eigenvalue weighted by molar-refractivity contribution is 5.72. The van der Waals surface area contributed by atoms with E-state index in [4.69, 9.17) is 4.74 Å². The maximum atomic E-state index is 12.9. The Morgan fingerprint density at radius 2 is 2.35 bits per heavy atom. The number of hydrogen-bond donors (Lipinski definition) is 1. The Morgan fingerprint density at radius 3 is 3.06 bits per heavy atom. The van der Waals surface area contributed by atoms with E-state index < -0.39 is 5.95 Å². The van der Waals surface area contributed by atoms with Crippen LogP contribution in [0.2, 0.25) is 0 Å². The third-order valence-corrected chi connectivity index (χ3v) is 3.03. The first-order valence-electron chi connectivity index (χ1n) is 5.66. The molecule has 1 aromatic rings. The van der Waals surface area contributed by atoms with Crippen molar-refractivity contribution in [3.05, 3.63) is 24.1 Å². The van der Waals surface area contributed by atoms with Gasteiger partial charge in [-0.05, 0) is 31.4 Å². The summed E-state index contributed by atoms with van der Waals surface area (Å²) in [6, 6.07) is 4.79. The molecule has 0 radical (unpaired) electrons. The number of carbonyl (C=O) groups excluding carboxylic acids is 1. The fourth-order valence-corrected chi connectivity index (χ4v) is 2.19. The molecule has 2 rings (SSSR count). The van der Waals surface area contributed by atoms with Gasteiger partial charge in [0.15, 0.2) is 0 Å². The minimum atomic E-state index is -0.502. The number of hydrogen-bond acceptors (Lipinski definition) is 4. The van der Waals surface area contributed by atoms with Crippen LogP contribution in [0.1, 0.15) is 19.3 Å². The van der Waals surface area contributed by atoms with Crippen LogP contribution in [0.25, 0.3) is 0 Å². The number of nitrogens with one attached hydrogen (secondary N) is 1. The van der Waals surface area contributed by atoms with Crippen LogP contribution in [0, 0.1) is 11.9 Å². The minimum Gasteiger partial charge on any atom is -0.469 e. The molecule has 0 spiro atoms. The number of ether oxygens (including phenoxy) is 1. The quantitative estimate of drug-likeness (QED) is 0.646. The molecule has 1 fully saturated rings. The van der Waals surface area contributed by atoms with Crippen molar-refractivity contribution in [3.8, 4) is 0 Å². The van der Waals surface area contributed by atoms with Crippen LogP contribution in [0.5, 0.6) is 0 Å². The normalized spacial score (nSPS) is 23.4. The van der Waals surface area contributed by atoms with Crippen molar-refractivity contribution in [1.29, 1.82) is 0 Å². The van der Waals surface area contributed by atoms with Gasteiger partial charge in [0.05, 0.1) is 13.0 Å². The van der Waals surface area contributed by atoms with Crippen LogP contribution in [0.3, 0.4) is 0 Å². The number of rotatable bonds is 3. The Kier molecular flexibility index (Phi) is 3.56. The Morgan fingerprint density at radius 1 is 1.53 bits per heavy atom. The molecule has 4 nitrogen and oxygen atoms in total. The summed E-state index contributed by atoms with van der Waals surface area (Å²) >= 11 is 0. The summed E-state index contributed by atoms with van der Waals surface area (Å²) in [6.07, 6.45) is 2.39. The molecule has 0 aliphatic heterocycles. The third-order valence-electron chi connectivity index (χ3n) is 3.03. The summed E-state index contributed by atoms with van der Waals surface area (Å²) in [5, 5.41) is 3.13. The first-order valence-corrected chi connectivity index (χ1v) is 5.66. The zero-order chi connectivity index (χ0) is 12.3. The van der Waals surface area contributed by atoms with E-state index in [-0.39, 0.29) is 17.9 Å². The lowest BCUT2D eigenvalue weighted by Crippen LogP contribution is -2.19. The Labute approximate surface area is 99.2 Å². The maximum Gasteiger partial charge on any atom is 0.308 e. The monoisotopic (exact) mass is 238 g/mol. The lowest BCUT2D eigenvalue weighted by Gasteiger charge is -2.13. The standard InChI is InChI=1S/C12H15FN2O2/c1-17-12(16)8-5-6-9(7-8)14-11-4-2-3-10(13)15-11/h2-4,8-9H,5-7H2,1H3,(H,14,15)/t8-,9+/m0/s1. The van der Waals surface area contributed by atoms with Crippen molar-refractivity contribution in [1.82, 2.24) is 4.98 Å². The van der Waals surface area contributed by atoms with E-state index in [0.717, 1.165) is 12.8 Å². The second kappa shape index (κ2) is 5.12. The fourth-order valence-electron chi connectivity index (χ4n) is 2.19. The topological polar surface area (TPSA) is 51.2 Å². The highest BCUT2D eigenvalue weighted by atomic mass is 19.1. The van der Waals surface area contributed by atoms with E-state index in [1.807, 2.05) is 0 Å². The van der Waals surface area contributed by atoms with Gasteiger partial charge in [-0.1, -0.05) is 6.07 Å². The Bertz CT molecular complexity index is 411. The number of anilines is 1. The summed E-state index contributed by atoms with van der Waals surface area (Å²) < 4.78 is 17.6. The van der Waals surface area contributed by atoms with Gasteiger partial charge >= 0.3 is 5.97 Å². The molecule has 1 N–H and O–H groups in total. The van der Waals surface area contributed by atoms with Crippen LogP contribution in [-0.2, 0) is 9.53 Å². The van der Waals surface area contributed by atoms with Crippen molar-refractivity contribution >= 4 is 11.8 Å². The van der Waals surface area contributed by atoms with Crippen molar-refractivity contribution in [2.45, 2.75) is 25.3 Å². The van der Waals surface area contributed by atoms with Crippen molar-refractivity contribution in [2.75, 3.05) is 12.4 Å². The van der Waals surface area contributed by atoms with Crippen molar-refractivity contribution < 1.29 is 13.9 Å². The van der Waals surface area contributed by atoms with Gasteiger partial charge in [0.1, 0.15) is 5.82 Å². The highest BCUT2D eigenvalue weighted by Gasteiger charge is 2.30. The first kappa shape index (κ1) is 11.8. The average Bonchev–Trinajstić information content (AvgIpc) is 2.76. The van der Waals surface area contributed by atoms with E-state index in [1.54, 1.807) is 12.1 Å². The Hall–Kier alpha value is -1.65. The summed E-state index contributed by atoms with van der Waals surface area (Å²) in [5.41, 5.74) is 0. The largest absolute Gasteiger partial charge is 0.469 e. The van der Waals surface area contributed by atoms with Gasteiger partial charge in [-0.3, -0.25) is 4.79 Å². The van der Waals surface area contributed by atoms with Crippen molar-refractivity contribution in [2.24, 2.45) is 5.92 Å². The molecule has 5 heteroatoms. The second-order valence-electron chi connectivity index (χ2n) is 4.22. The van der Waals surface area contributed by atoms with E-state index in [9.17, 15) is 9.18 Å². The average molecular weight is 238 g/mol. The lowest BCUT2D eigenvalue weighted by molar-refractivity contribution is -0.145. The first-order chi connectivity index (χ1) is 8.19. The second-order valence-corrected chi connectivity index (χ2v) is 4.22. The molecule has 1 heterocycles. The summed E-state index contributed by atoms with van der Waals surface area (Å²) in [7, 11) is 1.40. The molecule has 2 atom stereocenters. The number of methoxy groups -OCH3 is 1. The van der Waals surface area contributed by atoms with E-state index in [2.05, 4.69) is 10.3 Å². The molecule has 0 bridgehead atoms. The maximum absolute atomic E-state index is 12.9. The van der Waals surface area contributed by atoms with Gasteiger partial charge in [-0.15, -0.1) is 0 Å². The summed E-state index contributed by atoms with van der Waals surface area (Å²) in [5.74, 6) is -0.203. The molecule has 1 saturated carbocycles. The molecule has 1 aliphatic rings. The van der Waals surface area contributed by atoms with E-state index >= 15 is 0 Å². The van der Waals surface area contributed by atoms with Gasteiger partial charge in [-0.2, -0.15) is 4.39 Å². The molecule has 92 valence electrons. The zero-order valence-electron chi connectivity index (χ0n) is 9.65. The van der Waals surface area contributed by atoms with Crippen LogP contribution in [0.15, 0.2) is 18.2 Å². The van der Waals surface area contributed by atoms with Gasteiger partial charge in [0.2, 0.25) is 5.95 Å². The number of halogens is 1. The van der Waals surface area contributed by atoms with Crippen molar-refractivity contribution in [3.63, 3.8) is 0 Å². The zero-order valence-corrected chi connectivity index (χ0v) is 9.65. The number of aromatic nitrogens is 1. The highest BCUT2D eigenvalue weighted by Crippen LogP contribution is 2.28. The van der Waals surface area contributed by atoms with Gasteiger partial charge in [0.25, 0.3) is 0 Å². The third kappa shape index (κ3) is 2.93. The number of carbonyl (C=O) groups is 1. The van der Waals surface area contributed by atoms with Crippen LogP contribution in [0.4, 0.5) is 10.2 Å². The van der Waals surface area contributed by atoms with Gasteiger partial charge in [-0.25, -0.2) is 4.98 Å². The molecule has 0 unspecified atom stereocenters. The van der Waals surface area contributed by atoms with Crippen LogP contribution in [-0.4, -0.2) is 24.1 Å². The predicted molar refractivity (Wildman–Crippen MR) is 61.0 cm³/mol. The number of pyridine rings is 1. The molecule has 1 aliphatic carbocycles. The van der Waals surface area contributed by atoms with Crippen LogP contribution >= 0.6 is 0 Å². The molecular weight excluding hydrogens is 223 g/mol. The lowest BCUT2D eigenvalue weighted by atomic mass is 10.1. The molecule has 17 heavy (non-hydrogen) atoms. The fraction of sp³-hybridized carbons (Fsp3) is 0.500. The SMILES string of the molecule is COC(=O)[C@H]1CC[C@@H](Nc2cccc(F)n2)C1. The molecule has 0 amide bonds. The molecule has 0 saturated heterocycles. The molecule has 0 aromatic carbocycles. The summed E-state index contributed by atoms with van der Waals surface area (Å²) in [4.78, 5) is 15.1. The predicted octanol–water partition coefficient (Wildman–Crippen LogP) is 1.97. The number of esters is 1. The smallest absolute Gasteiger partial charge is 0.308 e. The van der Waals surface area contributed by atoms with Crippen LogP contribution < -0.4 is 5.32 Å². The van der Waals surface area contributed by atoms with Gasteiger partial charge < -0.3 is 10.1 Å². The minimum absolute atomic E-state index is 0.0499. The molecular formula is C12H15FN2O2. The Balaban J connectivity index is 1.92. The van der Waals surface area contributed by atoms with E-state index in [1.165, 1.54) is 13.2 Å². The van der Waals surface area contributed by atoms with Gasteiger partial charge in [0, 0.05) is 6.04 Å². The summed E-state index contributed by atoms with van der Waals surface area (Å²) in [6.45, 7) is 0.